The zero-order valence-corrected chi connectivity index (χ0v) is 21.5. The molecule has 9 nitrogen and oxygen atoms in total. The normalized spacial score (nSPS) is 21.3. The number of esters is 1. The van der Waals surface area contributed by atoms with Crippen LogP contribution in [-0.2, 0) is 19.0 Å². The molecule has 1 unspecified atom stereocenters. The Morgan fingerprint density at radius 3 is 2.21 bits per heavy atom. The predicted molar refractivity (Wildman–Crippen MR) is 137 cm³/mol. The number of ketones is 1. The minimum Gasteiger partial charge on any atom is -0.465 e. The van der Waals surface area contributed by atoms with Gasteiger partial charge in [0.1, 0.15) is 12.0 Å². The van der Waals surface area contributed by atoms with Crippen molar-refractivity contribution in [3.05, 3.63) is 83.4 Å². The first-order chi connectivity index (χ1) is 19.0. The Morgan fingerprint density at radius 2 is 1.49 bits per heavy atom. The van der Waals surface area contributed by atoms with Gasteiger partial charge in [-0.05, 0) is 48.4 Å². The SMILES string of the molecule is CO[C@@H](c1ccccc1)C(C)O[C@H](c1ccc2c(c1)OCO2)[C@@H]1COC(=O)[C@@H]1C(=O)c1ccc2c(c1)OCO2. The van der Waals surface area contributed by atoms with Crippen LogP contribution in [0.3, 0.4) is 0 Å². The lowest BCUT2D eigenvalue weighted by molar-refractivity contribution is -0.140. The molecule has 0 radical (unpaired) electrons. The van der Waals surface area contributed by atoms with Gasteiger partial charge in [0.15, 0.2) is 28.8 Å². The van der Waals surface area contributed by atoms with E-state index in [9.17, 15) is 9.59 Å². The third-order valence-corrected chi connectivity index (χ3v) is 7.32. The van der Waals surface area contributed by atoms with Crippen molar-refractivity contribution in [2.75, 3.05) is 27.3 Å². The van der Waals surface area contributed by atoms with E-state index in [4.69, 9.17) is 33.2 Å². The first-order valence-corrected chi connectivity index (χ1v) is 12.8. The number of benzene rings is 3. The van der Waals surface area contributed by atoms with Crippen LogP contribution >= 0.6 is 0 Å². The smallest absolute Gasteiger partial charge is 0.317 e. The molecule has 3 aromatic carbocycles. The minimum absolute atomic E-state index is 0.0224. The van der Waals surface area contributed by atoms with E-state index in [1.165, 1.54) is 0 Å². The molecule has 6 rings (SSSR count). The topological polar surface area (TPSA) is 98.8 Å². The van der Waals surface area contributed by atoms with Gasteiger partial charge in [0.25, 0.3) is 0 Å². The second kappa shape index (κ2) is 10.6. The Bertz CT molecular complexity index is 1370. The third kappa shape index (κ3) is 4.79. The molecule has 5 atom stereocenters. The fraction of sp³-hybridized carbons (Fsp3) is 0.333. The highest BCUT2D eigenvalue weighted by molar-refractivity contribution is 6.10. The van der Waals surface area contributed by atoms with E-state index < -0.39 is 30.0 Å². The molecule has 0 aromatic heterocycles. The van der Waals surface area contributed by atoms with Gasteiger partial charge < -0.3 is 33.2 Å². The van der Waals surface area contributed by atoms with Gasteiger partial charge in [-0.3, -0.25) is 9.59 Å². The maximum Gasteiger partial charge on any atom is 0.317 e. The summed E-state index contributed by atoms with van der Waals surface area (Å²) in [7, 11) is 1.63. The second-order valence-electron chi connectivity index (χ2n) is 9.65. The molecule has 0 spiro atoms. The fourth-order valence-corrected chi connectivity index (χ4v) is 5.39. The van der Waals surface area contributed by atoms with Crippen LogP contribution in [0.5, 0.6) is 23.0 Å². The molecule has 0 aliphatic carbocycles. The van der Waals surface area contributed by atoms with Gasteiger partial charge in [0.2, 0.25) is 13.6 Å². The Labute approximate surface area is 225 Å². The predicted octanol–water partition coefficient (Wildman–Crippen LogP) is 4.65. The number of ether oxygens (including phenoxy) is 7. The van der Waals surface area contributed by atoms with Crippen LogP contribution in [0.25, 0.3) is 0 Å². The second-order valence-corrected chi connectivity index (χ2v) is 9.65. The third-order valence-electron chi connectivity index (χ3n) is 7.32. The van der Waals surface area contributed by atoms with Gasteiger partial charge in [-0.25, -0.2) is 0 Å². The molecule has 39 heavy (non-hydrogen) atoms. The molecule has 1 fully saturated rings. The summed E-state index contributed by atoms with van der Waals surface area (Å²) in [5, 5.41) is 0. The van der Waals surface area contributed by atoms with Crippen LogP contribution in [0.2, 0.25) is 0 Å². The van der Waals surface area contributed by atoms with Crippen LogP contribution < -0.4 is 18.9 Å². The van der Waals surface area contributed by atoms with Crippen molar-refractivity contribution in [2.45, 2.75) is 25.2 Å². The van der Waals surface area contributed by atoms with Crippen molar-refractivity contribution in [1.82, 2.24) is 0 Å². The summed E-state index contributed by atoms with van der Waals surface area (Å²) in [5.41, 5.74) is 2.02. The lowest BCUT2D eigenvalue weighted by atomic mass is 9.81. The quantitative estimate of drug-likeness (QED) is 0.222. The Balaban J connectivity index is 1.34. The van der Waals surface area contributed by atoms with Crippen molar-refractivity contribution >= 4 is 11.8 Å². The van der Waals surface area contributed by atoms with Crippen molar-refractivity contribution in [2.24, 2.45) is 11.8 Å². The molecule has 3 aliphatic rings. The van der Waals surface area contributed by atoms with Gasteiger partial charge in [-0.2, -0.15) is 0 Å². The molecule has 3 heterocycles. The highest BCUT2D eigenvalue weighted by atomic mass is 16.7. The standard InChI is InChI=1S/C30H28O9/c1-17(28(33-2)18-6-4-3-5-7-18)39-29(20-9-11-23-25(13-20)38-16-36-23)21-14-34-30(32)26(21)27(31)19-8-10-22-24(12-19)37-15-35-22/h3-13,17,21,26,28-29H,14-16H2,1-2H3/t17?,21-,26+,28-,29-/m1/s1. The van der Waals surface area contributed by atoms with Crippen molar-refractivity contribution in [3.8, 4) is 23.0 Å². The van der Waals surface area contributed by atoms with Gasteiger partial charge in [-0.1, -0.05) is 36.4 Å². The van der Waals surface area contributed by atoms with Crippen LogP contribution in [0.1, 0.15) is 40.6 Å². The van der Waals surface area contributed by atoms with E-state index in [1.807, 2.05) is 49.4 Å². The van der Waals surface area contributed by atoms with Gasteiger partial charge in [-0.15, -0.1) is 0 Å². The van der Waals surface area contributed by atoms with Gasteiger partial charge >= 0.3 is 5.97 Å². The van der Waals surface area contributed by atoms with E-state index in [0.717, 1.165) is 11.1 Å². The van der Waals surface area contributed by atoms with Crippen molar-refractivity contribution < 1.29 is 42.7 Å². The lowest BCUT2D eigenvalue weighted by Gasteiger charge is -2.32. The van der Waals surface area contributed by atoms with E-state index >= 15 is 0 Å². The van der Waals surface area contributed by atoms with Crippen molar-refractivity contribution in [1.29, 1.82) is 0 Å². The lowest BCUT2D eigenvalue weighted by Crippen LogP contribution is -2.34. The number of methoxy groups -OCH3 is 1. The van der Waals surface area contributed by atoms with E-state index in [0.29, 0.717) is 28.6 Å². The number of fused-ring (bicyclic) bond motifs is 2. The molecule has 0 bridgehead atoms. The van der Waals surface area contributed by atoms with Crippen LogP contribution in [-0.4, -0.2) is 45.2 Å². The average molecular weight is 533 g/mol. The zero-order valence-electron chi connectivity index (χ0n) is 21.5. The molecule has 0 saturated carbocycles. The summed E-state index contributed by atoms with van der Waals surface area (Å²) in [6, 6.07) is 20.1. The summed E-state index contributed by atoms with van der Waals surface area (Å²) >= 11 is 0. The summed E-state index contributed by atoms with van der Waals surface area (Å²) in [5.74, 6) is -0.423. The number of Topliss-reactive ketones (excluding diaryl/α,β-unsaturated/α-hetero) is 1. The molecule has 0 amide bonds. The number of carbonyl (C=O) groups excluding carboxylic acids is 2. The zero-order chi connectivity index (χ0) is 26.9. The van der Waals surface area contributed by atoms with Crippen LogP contribution in [0, 0.1) is 11.8 Å². The van der Waals surface area contributed by atoms with Gasteiger partial charge in [0.05, 0.1) is 18.8 Å². The largest absolute Gasteiger partial charge is 0.465 e. The Kier molecular flexibility index (Phi) is 6.85. The molecule has 3 aliphatic heterocycles. The van der Waals surface area contributed by atoms with E-state index in [2.05, 4.69) is 0 Å². The molecule has 9 heteroatoms. The number of cyclic esters (lactones) is 1. The Hall–Kier alpha value is -4.08. The summed E-state index contributed by atoms with van der Waals surface area (Å²) in [4.78, 5) is 26.8. The first kappa shape index (κ1) is 25.2. The van der Waals surface area contributed by atoms with E-state index in [-0.39, 0.29) is 32.1 Å². The highest BCUT2D eigenvalue weighted by Crippen LogP contribution is 2.44. The average Bonchev–Trinajstić information content (AvgIpc) is 3.71. The maximum atomic E-state index is 13.8. The van der Waals surface area contributed by atoms with Crippen LogP contribution in [0.4, 0.5) is 0 Å². The summed E-state index contributed by atoms with van der Waals surface area (Å²) < 4.78 is 39.9. The van der Waals surface area contributed by atoms with Crippen molar-refractivity contribution in [3.63, 3.8) is 0 Å². The highest BCUT2D eigenvalue weighted by Gasteiger charge is 2.48. The van der Waals surface area contributed by atoms with E-state index in [1.54, 1.807) is 31.4 Å². The summed E-state index contributed by atoms with van der Waals surface area (Å²) in [6.45, 7) is 2.14. The Morgan fingerprint density at radius 1 is 0.821 bits per heavy atom. The molecule has 0 N–H and O–H groups in total. The molecule has 3 aromatic rings. The fourth-order valence-electron chi connectivity index (χ4n) is 5.39. The van der Waals surface area contributed by atoms with Crippen LogP contribution in [0.15, 0.2) is 66.7 Å². The maximum absolute atomic E-state index is 13.8. The molecular weight excluding hydrogens is 504 g/mol. The molecule has 202 valence electrons. The minimum atomic E-state index is -1.08. The number of rotatable bonds is 9. The number of carbonyl (C=O) groups is 2. The number of hydrogen-bond acceptors (Lipinski definition) is 9. The molecule has 1 saturated heterocycles. The monoisotopic (exact) mass is 532 g/mol. The number of hydrogen-bond donors (Lipinski definition) is 0. The summed E-state index contributed by atoms with van der Waals surface area (Å²) in [6.07, 6.45) is -1.51. The van der Waals surface area contributed by atoms with Gasteiger partial charge in [0, 0.05) is 18.6 Å². The molecular formula is C30H28O9. The first-order valence-electron chi connectivity index (χ1n) is 12.8.